The predicted octanol–water partition coefficient (Wildman–Crippen LogP) is 4.83. The number of hydrogen-bond donors (Lipinski definition) is 1. The van der Waals surface area contributed by atoms with Gasteiger partial charge in [-0.1, -0.05) is 56.1 Å². The molecule has 4 rings (SSSR count). The first kappa shape index (κ1) is 23.2. The van der Waals surface area contributed by atoms with E-state index in [0.717, 1.165) is 29.8 Å². The van der Waals surface area contributed by atoms with E-state index < -0.39 is 6.04 Å². The number of nitrogens with one attached hydrogen (secondary N) is 1. The summed E-state index contributed by atoms with van der Waals surface area (Å²) in [6.45, 7) is 5.37. The van der Waals surface area contributed by atoms with Crippen molar-refractivity contribution in [3.05, 3.63) is 71.0 Å². The quantitative estimate of drug-likeness (QED) is 0.566. The van der Waals surface area contributed by atoms with Gasteiger partial charge in [0.1, 0.15) is 11.7 Å². The van der Waals surface area contributed by atoms with E-state index in [1.165, 1.54) is 11.8 Å². The Kier molecular flexibility index (Phi) is 7.23. The highest BCUT2D eigenvalue weighted by atomic mass is 35.5. The fourth-order valence-electron chi connectivity index (χ4n) is 4.33. The summed E-state index contributed by atoms with van der Waals surface area (Å²) in [6.07, 6.45) is 4.03. The lowest BCUT2D eigenvalue weighted by Gasteiger charge is -2.36. The van der Waals surface area contributed by atoms with Gasteiger partial charge in [-0.3, -0.25) is 14.6 Å². The van der Waals surface area contributed by atoms with E-state index in [-0.39, 0.29) is 23.4 Å². The number of carbonyl (C=O) groups excluding carboxylic acids is 2. The summed E-state index contributed by atoms with van der Waals surface area (Å²) < 4.78 is 0. The van der Waals surface area contributed by atoms with Crippen LogP contribution in [0, 0.1) is 5.92 Å². The van der Waals surface area contributed by atoms with E-state index in [4.69, 9.17) is 11.6 Å². The fourth-order valence-corrected chi connectivity index (χ4v) is 4.46. The van der Waals surface area contributed by atoms with Gasteiger partial charge in [0.2, 0.25) is 5.91 Å². The molecule has 1 N–H and O–H groups in total. The molecule has 0 unspecified atom stereocenters. The zero-order valence-electron chi connectivity index (χ0n) is 19.0. The fraction of sp³-hybridized carbons (Fsp3) is 0.385. The van der Waals surface area contributed by atoms with Crippen LogP contribution in [0.2, 0.25) is 5.02 Å². The summed E-state index contributed by atoms with van der Waals surface area (Å²) in [6, 6.07) is 14.8. The molecule has 0 radical (unpaired) electrons. The number of aromatic nitrogens is 2. The second-order valence-corrected chi connectivity index (χ2v) is 9.17. The van der Waals surface area contributed by atoms with Gasteiger partial charge in [0, 0.05) is 18.1 Å². The third-order valence-corrected chi connectivity index (χ3v) is 6.85. The minimum atomic E-state index is -0.595. The van der Waals surface area contributed by atoms with Crippen LogP contribution in [-0.4, -0.2) is 45.8 Å². The summed E-state index contributed by atoms with van der Waals surface area (Å²) >= 11 is 6.01. The number of rotatable bonds is 6. The van der Waals surface area contributed by atoms with Crippen molar-refractivity contribution in [3.63, 3.8) is 0 Å². The summed E-state index contributed by atoms with van der Waals surface area (Å²) in [7, 11) is 0. The summed E-state index contributed by atoms with van der Waals surface area (Å²) in [5.74, 6) is 0.0173. The lowest BCUT2D eigenvalue weighted by atomic mass is 9.88. The lowest BCUT2D eigenvalue weighted by Crippen LogP contribution is -2.53. The Hall–Kier alpha value is -2.99. The molecule has 0 spiro atoms. The molecule has 0 aliphatic carbocycles. The third kappa shape index (κ3) is 5.33. The zero-order chi connectivity index (χ0) is 23.4. The molecule has 7 heteroatoms. The average molecular weight is 465 g/mol. The van der Waals surface area contributed by atoms with E-state index in [9.17, 15) is 9.59 Å². The summed E-state index contributed by atoms with van der Waals surface area (Å²) in [5, 5.41) is 3.68. The minimum Gasteiger partial charge on any atom is -0.341 e. The first-order chi connectivity index (χ1) is 16.0. The Labute approximate surface area is 199 Å². The molecule has 172 valence electrons. The molecule has 1 aromatic heterocycles. The largest absolute Gasteiger partial charge is 0.341 e. The Morgan fingerprint density at radius 3 is 2.42 bits per heavy atom. The van der Waals surface area contributed by atoms with Crippen molar-refractivity contribution in [2.75, 3.05) is 13.1 Å². The first-order valence-electron chi connectivity index (χ1n) is 11.5. The highest BCUT2D eigenvalue weighted by molar-refractivity contribution is 6.30. The number of piperidine rings is 1. The van der Waals surface area contributed by atoms with E-state index in [1.54, 1.807) is 0 Å². The van der Waals surface area contributed by atoms with Gasteiger partial charge in [0.05, 0.1) is 17.2 Å². The van der Waals surface area contributed by atoms with Crippen molar-refractivity contribution in [2.24, 2.45) is 5.92 Å². The van der Waals surface area contributed by atoms with Crippen molar-refractivity contribution in [1.82, 2.24) is 20.2 Å². The van der Waals surface area contributed by atoms with Crippen LogP contribution in [-0.2, 0) is 4.79 Å². The van der Waals surface area contributed by atoms with Crippen LogP contribution in [0.5, 0.6) is 0 Å². The molecule has 6 nitrogen and oxygen atoms in total. The van der Waals surface area contributed by atoms with Gasteiger partial charge >= 0.3 is 0 Å². The van der Waals surface area contributed by atoms with Gasteiger partial charge in [0.25, 0.3) is 5.91 Å². The maximum atomic E-state index is 13.4. The molecular weight excluding hydrogens is 436 g/mol. The maximum Gasteiger partial charge on any atom is 0.272 e. The number of amides is 2. The van der Waals surface area contributed by atoms with Gasteiger partial charge in [-0.15, -0.1) is 0 Å². The molecule has 0 saturated carbocycles. The van der Waals surface area contributed by atoms with Crippen LogP contribution < -0.4 is 5.32 Å². The molecule has 3 aromatic rings. The van der Waals surface area contributed by atoms with Crippen LogP contribution in [0.3, 0.4) is 0 Å². The maximum absolute atomic E-state index is 13.4. The number of para-hydroxylation sites is 2. The molecule has 33 heavy (non-hydrogen) atoms. The number of nitrogens with zero attached hydrogens (tertiary/aromatic N) is 3. The molecule has 1 aliphatic heterocycles. The number of carbonyl (C=O) groups is 2. The molecule has 2 atom stereocenters. The molecule has 1 aliphatic rings. The Bertz CT molecular complexity index is 1130. The molecule has 2 aromatic carbocycles. The van der Waals surface area contributed by atoms with Crippen molar-refractivity contribution < 1.29 is 9.59 Å². The molecule has 1 saturated heterocycles. The second kappa shape index (κ2) is 10.3. The third-order valence-electron chi connectivity index (χ3n) is 6.59. The van der Waals surface area contributed by atoms with Crippen molar-refractivity contribution in [3.8, 4) is 0 Å². The minimum absolute atomic E-state index is 0.00357. The van der Waals surface area contributed by atoms with E-state index in [1.807, 2.05) is 55.1 Å². The van der Waals surface area contributed by atoms with Gasteiger partial charge in [-0.05, 0) is 54.5 Å². The van der Waals surface area contributed by atoms with E-state index in [0.29, 0.717) is 24.5 Å². The Balaban J connectivity index is 1.43. The van der Waals surface area contributed by atoms with Crippen molar-refractivity contribution in [2.45, 2.75) is 45.1 Å². The van der Waals surface area contributed by atoms with Crippen molar-refractivity contribution >= 4 is 34.4 Å². The molecule has 2 heterocycles. The van der Waals surface area contributed by atoms with Crippen LogP contribution in [0.25, 0.3) is 11.0 Å². The highest BCUT2D eigenvalue weighted by Crippen LogP contribution is 2.29. The average Bonchev–Trinajstić information content (AvgIpc) is 2.86. The van der Waals surface area contributed by atoms with Gasteiger partial charge < -0.3 is 10.2 Å². The normalized spacial score (nSPS) is 16.4. The second-order valence-electron chi connectivity index (χ2n) is 8.73. The Morgan fingerprint density at radius 2 is 1.76 bits per heavy atom. The Morgan fingerprint density at radius 1 is 1.09 bits per heavy atom. The van der Waals surface area contributed by atoms with Gasteiger partial charge in [0.15, 0.2) is 0 Å². The van der Waals surface area contributed by atoms with E-state index in [2.05, 4.69) is 27.4 Å². The standard InChI is InChI=1S/C26H29ClN4O2/c1-3-17(2)24(30-25(32)23-16-28-21-6-4-5-7-22(21)29-23)26(33)31-14-12-19(13-15-31)18-8-10-20(27)11-9-18/h4-11,16-17,19,24H,3,12-15H2,1-2H3,(H,30,32)/t17-,24+/m0/s1. The number of halogens is 1. The molecular formula is C26H29ClN4O2. The number of fused-ring (bicyclic) bond motifs is 1. The number of hydrogen-bond acceptors (Lipinski definition) is 4. The number of benzene rings is 2. The molecule has 0 bridgehead atoms. The summed E-state index contributed by atoms with van der Waals surface area (Å²) in [4.78, 5) is 37.0. The highest BCUT2D eigenvalue weighted by Gasteiger charge is 2.33. The van der Waals surface area contributed by atoms with Crippen molar-refractivity contribution in [1.29, 1.82) is 0 Å². The SMILES string of the molecule is CC[C@H](C)[C@@H](NC(=O)c1cnc2ccccc2n1)C(=O)N1CCC(c2ccc(Cl)cc2)CC1. The van der Waals surface area contributed by atoms with Crippen LogP contribution in [0.4, 0.5) is 0 Å². The van der Waals surface area contributed by atoms with Gasteiger partial charge in [-0.2, -0.15) is 0 Å². The monoisotopic (exact) mass is 464 g/mol. The smallest absolute Gasteiger partial charge is 0.272 e. The molecule has 2 amide bonds. The van der Waals surface area contributed by atoms with Gasteiger partial charge in [-0.25, -0.2) is 4.98 Å². The zero-order valence-corrected chi connectivity index (χ0v) is 19.8. The topological polar surface area (TPSA) is 75.2 Å². The summed E-state index contributed by atoms with van der Waals surface area (Å²) in [5.41, 5.74) is 2.86. The van der Waals surface area contributed by atoms with Crippen LogP contribution in [0.15, 0.2) is 54.7 Å². The predicted molar refractivity (Wildman–Crippen MR) is 130 cm³/mol. The first-order valence-corrected chi connectivity index (χ1v) is 11.9. The van der Waals surface area contributed by atoms with E-state index >= 15 is 0 Å². The van der Waals surface area contributed by atoms with Crippen LogP contribution >= 0.6 is 11.6 Å². The van der Waals surface area contributed by atoms with Crippen LogP contribution in [0.1, 0.15) is 55.1 Å². The lowest BCUT2D eigenvalue weighted by molar-refractivity contribution is -0.135. The number of likely N-dealkylation sites (tertiary alicyclic amines) is 1. The molecule has 1 fully saturated rings.